The maximum absolute atomic E-state index is 12.3. The molecule has 152 valence electrons. The summed E-state index contributed by atoms with van der Waals surface area (Å²) in [6, 6.07) is 20.3. The third-order valence-electron chi connectivity index (χ3n) is 5.26. The highest BCUT2D eigenvalue weighted by molar-refractivity contribution is 5.69. The van der Waals surface area contributed by atoms with Gasteiger partial charge in [-0.1, -0.05) is 48.0 Å². The highest BCUT2D eigenvalue weighted by Gasteiger charge is 2.14. The van der Waals surface area contributed by atoms with Gasteiger partial charge in [0.15, 0.2) is 0 Å². The summed E-state index contributed by atoms with van der Waals surface area (Å²) in [6.07, 6.45) is 0. The second-order valence-corrected chi connectivity index (χ2v) is 7.50. The largest absolute Gasteiger partial charge is 0.489 e. The van der Waals surface area contributed by atoms with Gasteiger partial charge in [0.25, 0.3) is 0 Å². The van der Waals surface area contributed by atoms with E-state index >= 15 is 0 Å². The monoisotopic (exact) mass is 400 g/mol. The molecule has 0 bridgehead atoms. The van der Waals surface area contributed by atoms with Crippen LogP contribution in [0.3, 0.4) is 0 Å². The van der Waals surface area contributed by atoms with E-state index in [2.05, 4.69) is 60.7 Å². The van der Waals surface area contributed by atoms with Crippen molar-refractivity contribution >= 4 is 0 Å². The van der Waals surface area contributed by atoms with Crippen LogP contribution in [0.25, 0.3) is 16.8 Å². The molecule has 0 fully saturated rings. The number of hydrogen-bond donors (Lipinski definition) is 0. The minimum atomic E-state index is -0.293. The number of hydrogen-bond acceptors (Lipinski definition) is 4. The van der Waals surface area contributed by atoms with Gasteiger partial charge in [0.05, 0.1) is 5.69 Å². The van der Waals surface area contributed by atoms with Crippen LogP contribution in [0.15, 0.2) is 65.5 Å². The fourth-order valence-electron chi connectivity index (χ4n) is 3.51. The van der Waals surface area contributed by atoms with Gasteiger partial charge in [-0.2, -0.15) is 9.36 Å². The molecule has 30 heavy (non-hydrogen) atoms. The molecular weight excluding hydrogens is 376 g/mol. The van der Waals surface area contributed by atoms with Crippen molar-refractivity contribution < 1.29 is 4.74 Å². The molecule has 0 aliphatic rings. The first-order chi connectivity index (χ1) is 14.4. The van der Waals surface area contributed by atoms with Gasteiger partial charge in [-0.3, -0.25) is 0 Å². The lowest BCUT2D eigenvalue weighted by molar-refractivity contribution is 0.305. The van der Waals surface area contributed by atoms with Gasteiger partial charge in [0, 0.05) is 12.6 Å². The number of rotatable bonds is 5. The van der Waals surface area contributed by atoms with E-state index in [4.69, 9.17) is 4.74 Å². The first-order valence-corrected chi connectivity index (χ1v) is 9.82. The summed E-state index contributed by atoms with van der Waals surface area (Å²) in [6.45, 7) is 6.51. The van der Waals surface area contributed by atoms with Gasteiger partial charge in [0.2, 0.25) is 0 Å². The minimum absolute atomic E-state index is 0.293. The van der Waals surface area contributed by atoms with Crippen LogP contribution in [0.5, 0.6) is 5.75 Å². The SMILES string of the molecule is Cc1cccc(-c2cc(OCc3c(C)cccc3-n3nnn(C)c3=O)ccc2C)c1. The van der Waals surface area contributed by atoms with Crippen LogP contribution in [0.2, 0.25) is 0 Å². The molecule has 0 saturated carbocycles. The topological polar surface area (TPSA) is 61.9 Å². The molecule has 1 aromatic heterocycles. The Morgan fingerprint density at radius 3 is 2.43 bits per heavy atom. The third-order valence-corrected chi connectivity index (χ3v) is 5.26. The Balaban J connectivity index is 1.66. The molecular formula is C24H24N4O2. The van der Waals surface area contributed by atoms with E-state index in [9.17, 15) is 4.79 Å². The molecule has 0 aliphatic heterocycles. The van der Waals surface area contributed by atoms with E-state index in [1.54, 1.807) is 7.05 Å². The normalized spacial score (nSPS) is 10.9. The Hall–Kier alpha value is -3.67. The minimum Gasteiger partial charge on any atom is -0.489 e. The fourth-order valence-corrected chi connectivity index (χ4v) is 3.51. The van der Waals surface area contributed by atoms with Crippen molar-refractivity contribution in [3.8, 4) is 22.6 Å². The van der Waals surface area contributed by atoms with E-state index in [0.29, 0.717) is 12.3 Å². The van der Waals surface area contributed by atoms with Crippen molar-refractivity contribution in [2.24, 2.45) is 7.05 Å². The average Bonchev–Trinajstić information content (AvgIpc) is 3.06. The van der Waals surface area contributed by atoms with Gasteiger partial charge in [-0.25, -0.2) is 4.79 Å². The Kier molecular flexibility index (Phi) is 5.23. The first kappa shape index (κ1) is 19.6. The Morgan fingerprint density at radius 1 is 0.900 bits per heavy atom. The average molecular weight is 400 g/mol. The maximum Gasteiger partial charge on any atom is 0.368 e. The summed E-state index contributed by atoms with van der Waals surface area (Å²) in [4.78, 5) is 12.3. The molecule has 3 aromatic carbocycles. The van der Waals surface area contributed by atoms with E-state index in [1.165, 1.54) is 26.1 Å². The van der Waals surface area contributed by atoms with Crippen LogP contribution in [0.4, 0.5) is 0 Å². The van der Waals surface area contributed by atoms with Gasteiger partial charge in [0.1, 0.15) is 12.4 Å². The highest BCUT2D eigenvalue weighted by atomic mass is 16.5. The van der Waals surface area contributed by atoms with E-state index in [-0.39, 0.29) is 5.69 Å². The van der Waals surface area contributed by atoms with Crippen LogP contribution >= 0.6 is 0 Å². The second-order valence-electron chi connectivity index (χ2n) is 7.50. The maximum atomic E-state index is 12.3. The molecule has 0 amide bonds. The summed E-state index contributed by atoms with van der Waals surface area (Å²) < 4.78 is 8.67. The van der Waals surface area contributed by atoms with Crippen LogP contribution in [0.1, 0.15) is 22.3 Å². The van der Waals surface area contributed by atoms with Crippen LogP contribution < -0.4 is 10.4 Å². The van der Waals surface area contributed by atoms with Crippen molar-refractivity contribution in [1.29, 1.82) is 0 Å². The van der Waals surface area contributed by atoms with Gasteiger partial charge >= 0.3 is 5.69 Å². The molecule has 0 saturated heterocycles. The highest BCUT2D eigenvalue weighted by Crippen LogP contribution is 2.29. The van der Waals surface area contributed by atoms with Gasteiger partial charge < -0.3 is 4.74 Å². The Labute approximate surface area is 175 Å². The van der Waals surface area contributed by atoms with Gasteiger partial charge in [-0.05, 0) is 71.7 Å². The number of aryl methyl sites for hydroxylation is 4. The summed E-state index contributed by atoms with van der Waals surface area (Å²) in [5.74, 6) is 0.776. The number of benzene rings is 3. The zero-order valence-corrected chi connectivity index (χ0v) is 17.6. The van der Waals surface area contributed by atoms with Gasteiger partial charge in [-0.15, -0.1) is 0 Å². The molecule has 6 nitrogen and oxygen atoms in total. The second kappa shape index (κ2) is 7.99. The van der Waals surface area contributed by atoms with Crippen LogP contribution in [-0.2, 0) is 13.7 Å². The number of ether oxygens (including phenoxy) is 1. The number of nitrogens with zero attached hydrogens (tertiary/aromatic N) is 4. The zero-order valence-electron chi connectivity index (χ0n) is 17.6. The molecule has 4 aromatic rings. The number of aromatic nitrogens is 4. The third kappa shape index (κ3) is 3.76. The molecule has 4 rings (SSSR count). The predicted octanol–water partition coefficient (Wildman–Crippen LogP) is 4.14. The lowest BCUT2D eigenvalue weighted by Crippen LogP contribution is -2.23. The van der Waals surface area contributed by atoms with E-state index < -0.39 is 0 Å². The lowest BCUT2D eigenvalue weighted by atomic mass is 9.99. The van der Waals surface area contributed by atoms with Crippen LogP contribution in [0, 0.1) is 20.8 Å². The summed E-state index contributed by atoms with van der Waals surface area (Å²) in [5, 5.41) is 7.80. The van der Waals surface area contributed by atoms with Crippen molar-refractivity contribution in [3.05, 3.63) is 93.4 Å². The van der Waals surface area contributed by atoms with Crippen LogP contribution in [-0.4, -0.2) is 19.8 Å². The Morgan fingerprint density at radius 2 is 1.70 bits per heavy atom. The summed E-state index contributed by atoms with van der Waals surface area (Å²) >= 11 is 0. The summed E-state index contributed by atoms with van der Waals surface area (Å²) in [7, 11) is 1.58. The molecule has 0 aliphatic carbocycles. The molecule has 0 N–H and O–H groups in total. The van der Waals surface area contributed by atoms with Crippen molar-refractivity contribution in [3.63, 3.8) is 0 Å². The van der Waals surface area contributed by atoms with Crippen molar-refractivity contribution in [2.45, 2.75) is 27.4 Å². The standard InChI is InChI=1S/C24H24N4O2/c1-16-7-5-9-19(13-16)21-14-20(12-11-18(21)3)30-15-22-17(2)8-6-10-23(22)28-24(29)27(4)25-26-28/h5-14H,15H2,1-4H3. The molecule has 1 heterocycles. The molecule has 0 unspecified atom stereocenters. The molecule has 6 heteroatoms. The van der Waals surface area contributed by atoms with Crippen molar-refractivity contribution in [1.82, 2.24) is 19.8 Å². The fraction of sp³-hybridized carbons (Fsp3) is 0.208. The summed E-state index contributed by atoms with van der Waals surface area (Å²) in [5.41, 5.74) is 7.03. The number of tetrazole rings is 1. The molecule has 0 atom stereocenters. The smallest absolute Gasteiger partial charge is 0.368 e. The Bertz CT molecular complexity index is 1270. The molecule has 0 radical (unpaired) electrons. The van der Waals surface area contributed by atoms with E-state index in [0.717, 1.165) is 22.4 Å². The lowest BCUT2D eigenvalue weighted by Gasteiger charge is -2.14. The zero-order chi connectivity index (χ0) is 21.3. The van der Waals surface area contributed by atoms with E-state index in [1.807, 2.05) is 31.2 Å². The quantitative estimate of drug-likeness (QED) is 0.505. The predicted molar refractivity (Wildman–Crippen MR) is 117 cm³/mol. The van der Waals surface area contributed by atoms with Crippen molar-refractivity contribution in [2.75, 3.05) is 0 Å². The first-order valence-electron chi connectivity index (χ1n) is 9.82. The molecule has 0 spiro atoms.